The van der Waals surface area contributed by atoms with Gasteiger partial charge in [0.1, 0.15) is 11.5 Å². The van der Waals surface area contributed by atoms with E-state index in [0.717, 1.165) is 43.1 Å². The van der Waals surface area contributed by atoms with Crippen LogP contribution in [0, 0.1) is 0 Å². The number of carbonyl (C=O) groups is 1. The molecule has 0 saturated heterocycles. The van der Waals surface area contributed by atoms with Gasteiger partial charge < -0.3 is 9.47 Å². The summed E-state index contributed by atoms with van der Waals surface area (Å²) in [7, 11) is 0. The number of unbranched alkanes of at least 4 members (excludes halogenated alkanes) is 10. The summed E-state index contributed by atoms with van der Waals surface area (Å²) in [5, 5.41) is 0. The van der Waals surface area contributed by atoms with Gasteiger partial charge in [-0.3, -0.25) is 4.79 Å². The predicted octanol–water partition coefficient (Wildman–Crippen LogP) is 9.06. The summed E-state index contributed by atoms with van der Waals surface area (Å²) in [6.45, 7) is 5.95. The maximum Gasteiger partial charge on any atom is 0.185 e. The number of hydrogen-bond acceptors (Lipinski definition) is 3. The van der Waals surface area contributed by atoms with Crippen molar-refractivity contribution in [2.45, 2.75) is 90.9 Å². The fourth-order valence-corrected chi connectivity index (χ4v) is 3.80. The minimum Gasteiger partial charge on any atom is -0.494 e. The van der Waals surface area contributed by atoms with E-state index in [-0.39, 0.29) is 5.78 Å². The van der Waals surface area contributed by atoms with Crippen LogP contribution in [-0.2, 0) is 0 Å². The lowest BCUT2D eigenvalue weighted by Gasteiger charge is -2.07. The highest BCUT2D eigenvalue weighted by Crippen LogP contribution is 2.17. The third kappa shape index (κ3) is 12.1. The zero-order valence-corrected chi connectivity index (χ0v) is 21.4. The van der Waals surface area contributed by atoms with Gasteiger partial charge in [-0.1, -0.05) is 96.3 Å². The van der Waals surface area contributed by atoms with E-state index in [9.17, 15) is 4.79 Å². The fraction of sp³-hybridized carbons (Fsp3) is 0.516. The maximum absolute atomic E-state index is 12.5. The van der Waals surface area contributed by atoms with Crippen molar-refractivity contribution in [2.24, 2.45) is 0 Å². The third-order valence-electron chi connectivity index (χ3n) is 5.98. The summed E-state index contributed by atoms with van der Waals surface area (Å²) in [5.41, 5.74) is 1.65. The van der Waals surface area contributed by atoms with E-state index in [1.165, 1.54) is 64.2 Å². The molecule has 0 spiro atoms. The molecule has 0 unspecified atom stereocenters. The van der Waals surface area contributed by atoms with Crippen LogP contribution in [0.4, 0.5) is 0 Å². The molecule has 2 aromatic rings. The molecule has 0 bridgehead atoms. The van der Waals surface area contributed by atoms with Gasteiger partial charge in [0.15, 0.2) is 5.78 Å². The van der Waals surface area contributed by atoms with Crippen LogP contribution >= 0.6 is 0 Å². The summed E-state index contributed by atoms with van der Waals surface area (Å²) in [6, 6.07) is 15.3. The summed E-state index contributed by atoms with van der Waals surface area (Å²) >= 11 is 0. The molecular formula is C31H44O3. The molecule has 0 aliphatic carbocycles. The van der Waals surface area contributed by atoms with Gasteiger partial charge in [0.25, 0.3) is 0 Å². The lowest BCUT2D eigenvalue weighted by atomic mass is 10.1. The quantitative estimate of drug-likeness (QED) is 0.118. The van der Waals surface area contributed by atoms with Gasteiger partial charge in [0.2, 0.25) is 0 Å². The largest absolute Gasteiger partial charge is 0.494 e. The third-order valence-corrected chi connectivity index (χ3v) is 5.98. The fourth-order valence-electron chi connectivity index (χ4n) is 3.80. The van der Waals surface area contributed by atoms with E-state index in [1.54, 1.807) is 6.08 Å². The van der Waals surface area contributed by atoms with Gasteiger partial charge in [-0.15, -0.1) is 0 Å². The van der Waals surface area contributed by atoms with Crippen molar-refractivity contribution in [3.63, 3.8) is 0 Å². The second-order valence-corrected chi connectivity index (χ2v) is 9.02. The average Bonchev–Trinajstić information content (AvgIpc) is 2.87. The summed E-state index contributed by atoms with van der Waals surface area (Å²) in [5.74, 6) is 1.70. The van der Waals surface area contributed by atoms with Gasteiger partial charge >= 0.3 is 0 Å². The smallest absolute Gasteiger partial charge is 0.185 e. The van der Waals surface area contributed by atoms with Crippen molar-refractivity contribution >= 4 is 11.9 Å². The second-order valence-electron chi connectivity index (χ2n) is 9.02. The highest BCUT2D eigenvalue weighted by Gasteiger charge is 2.03. The molecule has 0 N–H and O–H groups in total. The molecule has 0 heterocycles. The van der Waals surface area contributed by atoms with E-state index in [0.29, 0.717) is 5.56 Å². The van der Waals surface area contributed by atoms with Gasteiger partial charge in [-0.05, 0) is 60.9 Å². The van der Waals surface area contributed by atoms with E-state index in [2.05, 4.69) is 13.8 Å². The van der Waals surface area contributed by atoms with Crippen molar-refractivity contribution in [1.29, 1.82) is 0 Å². The molecular weight excluding hydrogens is 420 g/mol. The van der Waals surface area contributed by atoms with Crippen molar-refractivity contribution < 1.29 is 14.3 Å². The van der Waals surface area contributed by atoms with Gasteiger partial charge in [-0.2, -0.15) is 0 Å². The Morgan fingerprint density at radius 2 is 1.06 bits per heavy atom. The molecule has 0 fully saturated rings. The Morgan fingerprint density at radius 3 is 1.59 bits per heavy atom. The Morgan fingerprint density at radius 1 is 0.618 bits per heavy atom. The van der Waals surface area contributed by atoms with Crippen LogP contribution in [-0.4, -0.2) is 19.0 Å². The number of benzene rings is 2. The van der Waals surface area contributed by atoms with E-state index < -0.39 is 0 Å². The molecule has 34 heavy (non-hydrogen) atoms. The Hall–Kier alpha value is -2.55. The number of hydrogen-bond donors (Lipinski definition) is 0. The molecule has 2 aromatic carbocycles. The molecule has 3 heteroatoms. The highest BCUT2D eigenvalue weighted by molar-refractivity contribution is 6.06. The van der Waals surface area contributed by atoms with Gasteiger partial charge in [-0.25, -0.2) is 0 Å². The first-order chi connectivity index (χ1) is 16.7. The Kier molecular flexibility index (Phi) is 14.5. The van der Waals surface area contributed by atoms with Gasteiger partial charge in [0, 0.05) is 5.56 Å². The molecule has 0 saturated carbocycles. The minimum atomic E-state index is -0.00845. The lowest BCUT2D eigenvalue weighted by Crippen LogP contribution is -1.99. The number of carbonyl (C=O) groups excluding carboxylic acids is 1. The number of allylic oxidation sites excluding steroid dienone is 1. The molecule has 186 valence electrons. The lowest BCUT2D eigenvalue weighted by molar-refractivity contribution is 0.104. The molecule has 0 atom stereocenters. The second kappa shape index (κ2) is 17.9. The van der Waals surface area contributed by atoms with E-state index in [1.807, 2.05) is 54.6 Å². The molecule has 2 rings (SSSR count). The average molecular weight is 465 g/mol. The van der Waals surface area contributed by atoms with Crippen molar-refractivity contribution in [3.8, 4) is 11.5 Å². The standard InChI is InChI=1S/C31H44O3/c1-3-5-7-9-10-11-12-14-26-34-30-22-18-28(19-23-30)31(32)24-17-27-15-20-29(21-16-27)33-25-13-8-6-4-2/h15-24H,3-14,25-26H2,1-2H3/b24-17+. The molecule has 0 aromatic heterocycles. The zero-order valence-electron chi connectivity index (χ0n) is 21.4. The molecule has 3 nitrogen and oxygen atoms in total. The molecule has 0 amide bonds. The van der Waals surface area contributed by atoms with Crippen molar-refractivity contribution in [3.05, 3.63) is 65.7 Å². The first-order valence-electron chi connectivity index (χ1n) is 13.4. The normalized spacial score (nSPS) is 11.1. The number of ketones is 1. The van der Waals surface area contributed by atoms with Crippen LogP contribution in [0.25, 0.3) is 6.08 Å². The molecule has 0 radical (unpaired) electrons. The topological polar surface area (TPSA) is 35.5 Å². The number of rotatable bonds is 19. The summed E-state index contributed by atoms with van der Waals surface area (Å²) < 4.78 is 11.6. The summed E-state index contributed by atoms with van der Waals surface area (Å²) in [4.78, 5) is 12.5. The van der Waals surface area contributed by atoms with Crippen LogP contribution in [0.5, 0.6) is 11.5 Å². The van der Waals surface area contributed by atoms with Crippen LogP contribution < -0.4 is 9.47 Å². The van der Waals surface area contributed by atoms with E-state index in [4.69, 9.17) is 9.47 Å². The SMILES string of the molecule is CCCCCCCCCCOc1ccc(C(=O)/C=C/c2ccc(OCCCCCC)cc2)cc1. The van der Waals surface area contributed by atoms with Crippen LogP contribution in [0.1, 0.15) is 107 Å². The van der Waals surface area contributed by atoms with E-state index >= 15 is 0 Å². The van der Waals surface area contributed by atoms with Gasteiger partial charge in [0.05, 0.1) is 13.2 Å². The number of ether oxygens (including phenoxy) is 2. The van der Waals surface area contributed by atoms with Crippen LogP contribution in [0.2, 0.25) is 0 Å². The van der Waals surface area contributed by atoms with Crippen LogP contribution in [0.15, 0.2) is 54.6 Å². The van der Waals surface area contributed by atoms with Crippen molar-refractivity contribution in [2.75, 3.05) is 13.2 Å². The monoisotopic (exact) mass is 464 g/mol. The molecule has 0 aliphatic heterocycles. The highest BCUT2D eigenvalue weighted by atomic mass is 16.5. The van der Waals surface area contributed by atoms with Crippen molar-refractivity contribution in [1.82, 2.24) is 0 Å². The molecule has 0 aliphatic rings. The Bertz CT molecular complexity index is 806. The zero-order chi connectivity index (χ0) is 24.3. The maximum atomic E-state index is 12.5. The summed E-state index contributed by atoms with van der Waals surface area (Å²) in [6.07, 6.45) is 18.6. The minimum absolute atomic E-state index is 0.00845. The Labute approximate surface area is 207 Å². The Balaban J connectivity index is 1.66. The first kappa shape index (κ1) is 27.7. The first-order valence-corrected chi connectivity index (χ1v) is 13.4. The predicted molar refractivity (Wildman–Crippen MR) is 144 cm³/mol. The van der Waals surface area contributed by atoms with Crippen LogP contribution in [0.3, 0.4) is 0 Å².